The van der Waals surface area contributed by atoms with Gasteiger partial charge in [0.05, 0.1) is 5.60 Å². The van der Waals surface area contributed by atoms with Gasteiger partial charge in [-0.1, -0.05) is 19.3 Å². The summed E-state index contributed by atoms with van der Waals surface area (Å²) in [6.45, 7) is 3.46. The second-order valence-electron chi connectivity index (χ2n) is 8.40. The molecule has 0 bridgehead atoms. The molecule has 0 aromatic heterocycles. The van der Waals surface area contributed by atoms with Gasteiger partial charge < -0.3 is 20.2 Å². The molecule has 1 aliphatic carbocycles. The van der Waals surface area contributed by atoms with E-state index in [2.05, 4.69) is 5.32 Å². The van der Waals surface area contributed by atoms with Gasteiger partial charge in [-0.05, 0) is 46.2 Å². The Morgan fingerprint density at radius 1 is 1.04 bits per heavy atom. The number of nitrogens with zero attached hydrogens (tertiary/aromatic N) is 2. The molecule has 1 heterocycles. The summed E-state index contributed by atoms with van der Waals surface area (Å²) in [4.78, 5) is 28.5. The van der Waals surface area contributed by atoms with Gasteiger partial charge in [-0.25, -0.2) is 0 Å². The van der Waals surface area contributed by atoms with E-state index in [1.165, 1.54) is 13.3 Å². The Kier molecular flexibility index (Phi) is 6.86. The lowest BCUT2D eigenvalue weighted by molar-refractivity contribution is -0.134. The first kappa shape index (κ1) is 20.2. The zero-order valence-corrected chi connectivity index (χ0v) is 16.1. The van der Waals surface area contributed by atoms with Gasteiger partial charge in [0, 0.05) is 38.5 Å². The maximum Gasteiger partial charge on any atom is 0.224 e. The minimum atomic E-state index is -0.710. The van der Waals surface area contributed by atoms with Crippen LogP contribution in [0, 0.1) is 0 Å². The molecule has 1 aliphatic heterocycles. The number of rotatable bonds is 5. The van der Waals surface area contributed by atoms with Crippen molar-refractivity contribution in [3.05, 3.63) is 0 Å². The Morgan fingerprint density at radius 3 is 2.32 bits per heavy atom. The molecule has 1 saturated carbocycles. The fourth-order valence-electron chi connectivity index (χ4n) is 4.52. The molecule has 2 N–H and O–H groups in total. The summed E-state index contributed by atoms with van der Waals surface area (Å²) < 4.78 is 0. The van der Waals surface area contributed by atoms with Crippen LogP contribution in [0.15, 0.2) is 0 Å². The highest BCUT2D eigenvalue weighted by atomic mass is 16.3. The van der Waals surface area contributed by atoms with E-state index in [4.69, 9.17) is 0 Å². The van der Waals surface area contributed by atoms with Crippen LogP contribution >= 0.6 is 0 Å². The predicted octanol–water partition coefficient (Wildman–Crippen LogP) is 1.52. The number of nitrogens with one attached hydrogen (secondary N) is 1. The molecule has 25 heavy (non-hydrogen) atoms. The third-order valence-corrected chi connectivity index (χ3v) is 5.62. The Hall–Kier alpha value is -1.14. The van der Waals surface area contributed by atoms with Crippen molar-refractivity contribution >= 4 is 11.8 Å². The summed E-state index contributed by atoms with van der Waals surface area (Å²) >= 11 is 0. The number of hydrogen-bond donors (Lipinski definition) is 2. The summed E-state index contributed by atoms with van der Waals surface area (Å²) in [5.74, 6) is 0.0654. The lowest BCUT2D eigenvalue weighted by atomic mass is 9.79. The van der Waals surface area contributed by atoms with Gasteiger partial charge in [0.1, 0.15) is 0 Å². The van der Waals surface area contributed by atoms with Crippen molar-refractivity contribution in [2.45, 2.75) is 75.9 Å². The van der Waals surface area contributed by atoms with E-state index in [0.717, 1.165) is 38.5 Å². The van der Waals surface area contributed by atoms with Crippen molar-refractivity contribution in [3.8, 4) is 0 Å². The van der Waals surface area contributed by atoms with Crippen molar-refractivity contribution in [1.82, 2.24) is 15.1 Å². The second-order valence-corrected chi connectivity index (χ2v) is 8.40. The van der Waals surface area contributed by atoms with Crippen LogP contribution in [0.3, 0.4) is 0 Å². The number of likely N-dealkylation sites (tertiary alicyclic amines) is 1. The molecule has 2 aliphatic rings. The highest BCUT2D eigenvalue weighted by Crippen LogP contribution is 2.32. The number of carbonyl (C=O) groups is 2. The van der Waals surface area contributed by atoms with E-state index >= 15 is 0 Å². The Morgan fingerprint density at radius 2 is 1.72 bits per heavy atom. The summed E-state index contributed by atoms with van der Waals surface area (Å²) in [6, 6.07) is 0. The van der Waals surface area contributed by atoms with Crippen LogP contribution in [0.1, 0.15) is 64.7 Å². The average molecular weight is 354 g/mol. The third-order valence-electron chi connectivity index (χ3n) is 5.62. The minimum Gasteiger partial charge on any atom is -0.388 e. The molecule has 0 aromatic rings. The van der Waals surface area contributed by atoms with Crippen molar-refractivity contribution in [1.29, 1.82) is 0 Å². The quantitative estimate of drug-likeness (QED) is 0.786. The van der Waals surface area contributed by atoms with E-state index < -0.39 is 5.60 Å². The Labute approximate surface area is 151 Å². The SMILES string of the molecule is CC(=O)NC1(CC(=O)N2CCC[C@@](O)(CN(C)C)CC2)CCCCC1. The normalized spacial score (nSPS) is 27.0. The molecule has 2 fully saturated rings. The van der Waals surface area contributed by atoms with Crippen LogP contribution < -0.4 is 5.32 Å². The summed E-state index contributed by atoms with van der Waals surface area (Å²) in [5, 5.41) is 13.9. The van der Waals surface area contributed by atoms with Crippen molar-refractivity contribution in [3.63, 3.8) is 0 Å². The lowest BCUT2D eigenvalue weighted by Gasteiger charge is -2.38. The highest BCUT2D eigenvalue weighted by molar-refractivity contribution is 5.80. The lowest BCUT2D eigenvalue weighted by Crippen LogP contribution is -2.52. The van der Waals surface area contributed by atoms with Gasteiger partial charge >= 0.3 is 0 Å². The van der Waals surface area contributed by atoms with Crippen LogP contribution in [-0.2, 0) is 9.59 Å². The van der Waals surface area contributed by atoms with Gasteiger partial charge in [0.15, 0.2) is 0 Å². The van der Waals surface area contributed by atoms with Crippen molar-refractivity contribution in [2.75, 3.05) is 33.7 Å². The molecule has 0 spiro atoms. The molecule has 6 nitrogen and oxygen atoms in total. The Balaban J connectivity index is 1.98. The molecule has 2 amide bonds. The molecule has 2 rings (SSSR count). The maximum absolute atomic E-state index is 12.9. The molecule has 0 unspecified atom stereocenters. The summed E-state index contributed by atoms with van der Waals surface area (Å²) in [7, 11) is 3.93. The van der Waals surface area contributed by atoms with Crippen LogP contribution in [-0.4, -0.2) is 71.6 Å². The number of hydrogen-bond acceptors (Lipinski definition) is 4. The number of likely N-dealkylation sites (N-methyl/N-ethyl adjacent to an activating group) is 1. The fourth-order valence-corrected chi connectivity index (χ4v) is 4.52. The molecule has 6 heteroatoms. The Bertz CT molecular complexity index is 475. The van der Waals surface area contributed by atoms with Gasteiger partial charge in [-0.15, -0.1) is 0 Å². The van der Waals surface area contributed by atoms with Gasteiger partial charge in [-0.3, -0.25) is 9.59 Å². The largest absolute Gasteiger partial charge is 0.388 e. The second kappa shape index (κ2) is 8.49. The molecule has 144 valence electrons. The molecule has 0 radical (unpaired) electrons. The van der Waals surface area contributed by atoms with E-state index in [-0.39, 0.29) is 17.4 Å². The molecule has 1 saturated heterocycles. The zero-order chi connectivity index (χ0) is 18.5. The van der Waals surface area contributed by atoms with Crippen LogP contribution in [0.4, 0.5) is 0 Å². The van der Waals surface area contributed by atoms with Crippen LogP contribution in [0.25, 0.3) is 0 Å². The molecule has 0 aromatic carbocycles. The van der Waals surface area contributed by atoms with Crippen molar-refractivity contribution in [2.24, 2.45) is 0 Å². The van der Waals surface area contributed by atoms with Crippen LogP contribution in [0.5, 0.6) is 0 Å². The van der Waals surface area contributed by atoms with Gasteiger partial charge in [0.2, 0.25) is 11.8 Å². The minimum absolute atomic E-state index is 0.0501. The summed E-state index contributed by atoms with van der Waals surface area (Å²) in [5.41, 5.74) is -1.08. The van der Waals surface area contributed by atoms with E-state index in [1.807, 2.05) is 23.9 Å². The zero-order valence-electron chi connectivity index (χ0n) is 16.1. The third kappa shape index (κ3) is 5.96. The topological polar surface area (TPSA) is 72.9 Å². The summed E-state index contributed by atoms with van der Waals surface area (Å²) in [6.07, 6.45) is 7.63. The van der Waals surface area contributed by atoms with Gasteiger partial charge in [-0.2, -0.15) is 0 Å². The first-order chi connectivity index (χ1) is 11.7. The number of aliphatic hydroxyl groups is 1. The van der Waals surface area contributed by atoms with E-state index in [1.54, 1.807) is 0 Å². The molecular weight excluding hydrogens is 318 g/mol. The maximum atomic E-state index is 12.9. The van der Waals surface area contributed by atoms with E-state index in [0.29, 0.717) is 32.5 Å². The molecule has 1 atom stereocenters. The first-order valence-corrected chi connectivity index (χ1v) is 9.67. The highest BCUT2D eigenvalue weighted by Gasteiger charge is 2.38. The standard InChI is InChI=1S/C19H35N3O3/c1-16(23)20-18(8-5-4-6-9-18)14-17(24)22-12-7-10-19(25,11-13-22)15-21(2)3/h25H,4-15H2,1-3H3,(H,20,23)/t19-/m0/s1. The van der Waals surface area contributed by atoms with E-state index in [9.17, 15) is 14.7 Å². The monoisotopic (exact) mass is 353 g/mol. The smallest absolute Gasteiger partial charge is 0.224 e. The van der Waals surface area contributed by atoms with Gasteiger partial charge in [0.25, 0.3) is 0 Å². The predicted molar refractivity (Wildman–Crippen MR) is 98.2 cm³/mol. The molecular formula is C19H35N3O3. The fraction of sp³-hybridized carbons (Fsp3) is 0.895. The number of amides is 2. The number of carbonyl (C=O) groups excluding carboxylic acids is 2. The van der Waals surface area contributed by atoms with Crippen molar-refractivity contribution < 1.29 is 14.7 Å². The van der Waals surface area contributed by atoms with Crippen LogP contribution in [0.2, 0.25) is 0 Å². The first-order valence-electron chi connectivity index (χ1n) is 9.67. The average Bonchev–Trinajstić information content (AvgIpc) is 2.68.